The number of hydrazone groups is 1. The van der Waals surface area contributed by atoms with E-state index in [1.54, 1.807) is 0 Å². The highest BCUT2D eigenvalue weighted by Gasteiger charge is 2.31. The molecule has 8 heteroatoms. The van der Waals surface area contributed by atoms with E-state index in [0.29, 0.717) is 37.3 Å². The van der Waals surface area contributed by atoms with Crippen LogP contribution >= 0.6 is 0 Å². The molecular weight excluding hydrogens is 396 g/mol. The number of amides is 2. The molecule has 3 aliphatic heterocycles. The number of ether oxygens (including phenoxy) is 2. The van der Waals surface area contributed by atoms with E-state index < -0.39 is 0 Å². The number of carbonyl (C=O) groups excluding carboxylic acids is 2. The lowest BCUT2D eigenvalue weighted by Crippen LogP contribution is -3.13. The quantitative estimate of drug-likeness (QED) is 0.794. The molecule has 2 amide bonds. The summed E-state index contributed by atoms with van der Waals surface area (Å²) in [7, 11) is 0. The van der Waals surface area contributed by atoms with Crippen molar-refractivity contribution in [3.63, 3.8) is 0 Å². The molecular formula is C23H25N4O4+. The molecule has 0 bridgehead atoms. The second-order valence-corrected chi connectivity index (χ2v) is 7.99. The van der Waals surface area contributed by atoms with Crippen LogP contribution in [0.2, 0.25) is 0 Å². The highest BCUT2D eigenvalue weighted by atomic mass is 16.7. The van der Waals surface area contributed by atoms with Crippen molar-refractivity contribution in [1.29, 1.82) is 0 Å². The summed E-state index contributed by atoms with van der Waals surface area (Å²) in [5.41, 5.74) is 2.35. The Morgan fingerprint density at radius 2 is 1.77 bits per heavy atom. The zero-order chi connectivity index (χ0) is 21.2. The van der Waals surface area contributed by atoms with Gasteiger partial charge in [0.1, 0.15) is 12.3 Å². The first-order chi connectivity index (χ1) is 15.2. The van der Waals surface area contributed by atoms with Crippen LogP contribution in [-0.2, 0) is 16.1 Å². The largest absolute Gasteiger partial charge is 0.454 e. The molecule has 0 saturated carbocycles. The summed E-state index contributed by atoms with van der Waals surface area (Å²) in [4.78, 5) is 28.6. The van der Waals surface area contributed by atoms with Crippen LogP contribution in [0.3, 0.4) is 0 Å². The number of benzene rings is 2. The van der Waals surface area contributed by atoms with E-state index >= 15 is 0 Å². The van der Waals surface area contributed by atoms with Crippen LogP contribution in [0.25, 0.3) is 0 Å². The van der Waals surface area contributed by atoms with Gasteiger partial charge in [-0.15, -0.1) is 0 Å². The minimum absolute atomic E-state index is 0.0597. The predicted octanol–water partition coefficient (Wildman–Crippen LogP) is 0.825. The number of carbonyl (C=O) groups is 2. The van der Waals surface area contributed by atoms with E-state index in [0.717, 1.165) is 31.1 Å². The van der Waals surface area contributed by atoms with Gasteiger partial charge in [0.15, 0.2) is 11.5 Å². The Labute approximate surface area is 180 Å². The molecule has 3 heterocycles. The fourth-order valence-electron chi connectivity index (χ4n) is 4.20. The average molecular weight is 421 g/mol. The molecule has 5 rings (SSSR count). The zero-order valence-electron chi connectivity index (χ0n) is 17.3. The summed E-state index contributed by atoms with van der Waals surface area (Å²) < 4.78 is 10.8. The highest BCUT2D eigenvalue weighted by molar-refractivity contribution is 6.40. The Balaban J connectivity index is 1.20. The number of rotatable bonds is 4. The Bertz CT molecular complexity index is 1020. The van der Waals surface area contributed by atoms with Crippen molar-refractivity contribution in [1.82, 2.24) is 4.90 Å². The maximum atomic E-state index is 13.0. The van der Waals surface area contributed by atoms with Gasteiger partial charge in [-0.05, 0) is 30.3 Å². The van der Waals surface area contributed by atoms with Crippen LogP contribution in [-0.4, -0.2) is 55.4 Å². The molecule has 0 radical (unpaired) electrons. The second-order valence-electron chi connectivity index (χ2n) is 7.99. The van der Waals surface area contributed by atoms with Crippen molar-refractivity contribution in [2.75, 3.05) is 38.0 Å². The molecule has 0 atom stereocenters. The number of para-hydroxylation sites is 1. The fourth-order valence-corrected chi connectivity index (χ4v) is 4.20. The Morgan fingerprint density at radius 1 is 1.00 bits per heavy atom. The van der Waals surface area contributed by atoms with Gasteiger partial charge in [-0.2, -0.15) is 5.10 Å². The van der Waals surface area contributed by atoms with E-state index in [-0.39, 0.29) is 18.6 Å². The van der Waals surface area contributed by atoms with Crippen molar-refractivity contribution in [3.8, 4) is 11.5 Å². The van der Waals surface area contributed by atoms with Crippen molar-refractivity contribution in [2.24, 2.45) is 5.10 Å². The summed E-state index contributed by atoms with van der Waals surface area (Å²) in [6.45, 7) is 4.26. The number of nitrogens with one attached hydrogen (secondary N) is 1. The van der Waals surface area contributed by atoms with Crippen molar-refractivity contribution in [3.05, 3.63) is 54.1 Å². The van der Waals surface area contributed by atoms with Crippen molar-refractivity contribution < 1.29 is 24.0 Å². The van der Waals surface area contributed by atoms with E-state index in [4.69, 9.17) is 9.47 Å². The van der Waals surface area contributed by atoms with E-state index in [1.807, 2.05) is 47.4 Å². The Hall–Kier alpha value is -3.39. The molecule has 0 spiro atoms. The van der Waals surface area contributed by atoms with Gasteiger partial charge in [0.05, 0.1) is 31.9 Å². The molecule has 0 aliphatic carbocycles. The summed E-state index contributed by atoms with van der Waals surface area (Å²) in [5, 5.41) is 5.76. The number of hydrogen-bond donors (Lipinski definition) is 1. The first-order valence-electron chi connectivity index (χ1n) is 10.6. The standard InChI is InChI=1S/C23H24N4O4/c28-22-9-7-19(24-27(22)18-4-2-1-3-5-18)23(29)26-12-10-25(11-13-26)15-17-6-8-20-21(14-17)31-16-30-20/h1-6,8,14H,7,9-13,15-16H2/p+1. The van der Waals surface area contributed by atoms with Crippen LogP contribution in [0.15, 0.2) is 53.6 Å². The molecule has 31 heavy (non-hydrogen) atoms. The topological polar surface area (TPSA) is 75.9 Å². The predicted molar refractivity (Wildman–Crippen MR) is 114 cm³/mol. The number of anilines is 1. The van der Waals surface area contributed by atoms with Crippen LogP contribution in [0.1, 0.15) is 18.4 Å². The van der Waals surface area contributed by atoms with Crippen molar-refractivity contribution >= 4 is 23.2 Å². The van der Waals surface area contributed by atoms with Gasteiger partial charge < -0.3 is 19.3 Å². The molecule has 0 unspecified atom stereocenters. The minimum Gasteiger partial charge on any atom is -0.454 e. The Kier molecular flexibility index (Phi) is 5.30. The van der Waals surface area contributed by atoms with Gasteiger partial charge in [-0.1, -0.05) is 18.2 Å². The molecule has 0 aromatic heterocycles. The van der Waals surface area contributed by atoms with Gasteiger partial charge in [0.2, 0.25) is 12.7 Å². The fraction of sp³-hybridized carbons (Fsp3) is 0.348. The van der Waals surface area contributed by atoms with E-state index in [2.05, 4.69) is 11.2 Å². The van der Waals surface area contributed by atoms with Crippen LogP contribution < -0.4 is 19.4 Å². The first-order valence-corrected chi connectivity index (χ1v) is 10.6. The third-order valence-corrected chi connectivity index (χ3v) is 5.93. The van der Waals surface area contributed by atoms with Gasteiger partial charge >= 0.3 is 0 Å². The SMILES string of the molecule is O=C(C1=NN(c2ccccc2)C(=O)CC1)N1CC[NH+](Cc2ccc3c(c2)OCO3)CC1. The molecule has 2 aromatic carbocycles. The number of quaternary nitrogens is 1. The van der Waals surface area contributed by atoms with Gasteiger partial charge in [0, 0.05) is 18.4 Å². The molecule has 8 nitrogen and oxygen atoms in total. The number of piperazine rings is 1. The first kappa shape index (κ1) is 19.6. The summed E-state index contributed by atoms with van der Waals surface area (Å²) in [6, 6.07) is 15.3. The normalized spacial score (nSPS) is 18.8. The third kappa shape index (κ3) is 4.11. The van der Waals surface area contributed by atoms with E-state index in [1.165, 1.54) is 15.5 Å². The number of hydrogen-bond acceptors (Lipinski definition) is 5. The average Bonchev–Trinajstić information content (AvgIpc) is 3.28. The molecule has 1 fully saturated rings. The zero-order valence-corrected chi connectivity index (χ0v) is 17.3. The smallest absolute Gasteiger partial charge is 0.270 e. The number of fused-ring (bicyclic) bond motifs is 1. The molecule has 2 aromatic rings. The van der Waals surface area contributed by atoms with Crippen LogP contribution in [0.4, 0.5) is 5.69 Å². The van der Waals surface area contributed by atoms with E-state index in [9.17, 15) is 9.59 Å². The summed E-state index contributed by atoms with van der Waals surface area (Å²) in [5.74, 6) is 1.46. The van der Waals surface area contributed by atoms with Gasteiger partial charge in [0.25, 0.3) is 5.91 Å². The lowest BCUT2D eigenvalue weighted by molar-refractivity contribution is -0.917. The maximum Gasteiger partial charge on any atom is 0.270 e. The molecule has 1 saturated heterocycles. The Morgan fingerprint density at radius 3 is 2.58 bits per heavy atom. The monoisotopic (exact) mass is 421 g/mol. The number of nitrogens with zero attached hydrogens (tertiary/aromatic N) is 3. The minimum atomic E-state index is -0.0826. The van der Waals surface area contributed by atoms with Crippen molar-refractivity contribution in [2.45, 2.75) is 19.4 Å². The summed E-state index contributed by atoms with van der Waals surface area (Å²) in [6.07, 6.45) is 0.695. The third-order valence-electron chi connectivity index (χ3n) is 5.93. The summed E-state index contributed by atoms with van der Waals surface area (Å²) >= 11 is 0. The molecule has 1 N–H and O–H groups in total. The molecule has 160 valence electrons. The van der Waals surface area contributed by atoms with Gasteiger partial charge in [-0.3, -0.25) is 9.59 Å². The maximum absolute atomic E-state index is 13.0. The lowest BCUT2D eigenvalue weighted by atomic mass is 10.1. The molecule has 3 aliphatic rings. The van der Waals surface area contributed by atoms with Gasteiger partial charge in [-0.25, -0.2) is 5.01 Å². The lowest BCUT2D eigenvalue weighted by Gasteiger charge is -2.33. The van der Waals surface area contributed by atoms with Crippen LogP contribution in [0.5, 0.6) is 11.5 Å². The van der Waals surface area contributed by atoms with Crippen LogP contribution in [0, 0.1) is 0 Å². The highest BCUT2D eigenvalue weighted by Crippen LogP contribution is 2.32. The second kappa shape index (κ2) is 8.39.